The van der Waals surface area contributed by atoms with E-state index in [1.165, 1.54) is 10.9 Å². The summed E-state index contributed by atoms with van der Waals surface area (Å²) < 4.78 is 1.78. The fourth-order valence-corrected chi connectivity index (χ4v) is 3.77. The van der Waals surface area contributed by atoms with Crippen molar-refractivity contribution in [2.24, 2.45) is 0 Å². The van der Waals surface area contributed by atoms with Crippen LogP contribution in [0.3, 0.4) is 0 Å². The number of benzene rings is 1. The molecule has 0 saturated carbocycles. The fraction of sp³-hybridized carbons (Fsp3) is 0.211. The quantitative estimate of drug-likeness (QED) is 0.583. The van der Waals surface area contributed by atoms with Crippen molar-refractivity contribution in [3.63, 3.8) is 0 Å². The molecule has 4 heterocycles. The molecule has 1 amide bonds. The molecular formula is C19H17N5O. The van der Waals surface area contributed by atoms with E-state index in [1.54, 1.807) is 10.6 Å². The van der Waals surface area contributed by atoms with Gasteiger partial charge in [0.1, 0.15) is 5.69 Å². The van der Waals surface area contributed by atoms with Crippen LogP contribution in [0, 0.1) is 6.92 Å². The lowest BCUT2D eigenvalue weighted by Crippen LogP contribution is -2.36. The summed E-state index contributed by atoms with van der Waals surface area (Å²) in [4.78, 5) is 27.1. The number of H-pyrrole nitrogens is 1. The van der Waals surface area contributed by atoms with Gasteiger partial charge in [-0.1, -0.05) is 18.2 Å². The number of imidazole rings is 1. The Morgan fingerprint density at radius 1 is 1.24 bits per heavy atom. The fourth-order valence-electron chi connectivity index (χ4n) is 3.77. The van der Waals surface area contributed by atoms with Crippen molar-refractivity contribution in [3.05, 3.63) is 65.4 Å². The standard InChI is InChI=1S/C19H17N5O/c1-12-17(24-9-4-8-20-19(24)21-12)18(25)23-10-7-14-13-5-2-3-6-15(13)22-16(14)11-23/h2-6,8-9,22H,7,10-11H2,1H3. The van der Waals surface area contributed by atoms with E-state index in [0.29, 0.717) is 30.3 Å². The van der Waals surface area contributed by atoms with E-state index in [0.717, 1.165) is 17.6 Å². The lowest BCUT2D eigenvalue weighted by Gasteiger charge is -2.27. The van der Waals surface area contributed by atoms with Gasteiger partial charge in [0.05, 0.1) is 12.2 Å². The highest BCUT2D eigenvalue weighted by molar-refractivity contribution is 5.95. The van der Waals surface area contributed by atoms with E-state index in [2.05, 4.69) is 33.2 Å². The number of aromatic nitrogens is 4. The van der Waals surface area contributed by atoms with E-state index >= 15 is 0 Å². The lowest BCUT2D eigenvalue weighted by molar-refractivity contribution is 0.0725. The molecular weight excluding hydrogens is 314 g/mol. The number of para-hydroxylation sites is 1. The smallest absolute Gasteiger partial charge is 0.273 e. The van der Waals surface area contributed by atoms with Crippen LogP contribution in [0.4, 0.5) is 0 Å². The van der Waals surface area contributed by atoms with Crippen LogP contribution in [-0.4, -0.2) is 36.7 Å². The van der Waals surface area contributed by atoms with E-state index in [4.69, 9.17) is 0 Å². The molecule has 5 rings (SSSR count). The molecule has 1 aromatic carbocycles. The summed E-state index contributed by atoms with van der Waals surface area (Å²) in [5.41, 5.74) is 4.91. The normalized spacial score (nSPS) is 14.2. The number of nitrogens with zero attached hydrogens (tertiary/aromatic N) is 4. The SMILES string of the molecule is Cc1nc2ncccn2c1C(=O)N1CCc2c([nH]c3ccccc23)C1. The van der Waals surface area contributed by atoms with Crippen molar-refractivity contribution in [3.8, 4) is 0 Å². The average molecular weight is 331 g/mol. The number of carbonyl (C=O) groups is 1. The van der Waals surface area contributed by atoms with Gasteiger partial charge in [0.2, 0.25) is 5.78 Å². The summed E-state index contributed by atoms with van der Waals surface area (Å²) >= 11 is 0. The molecule has 1 N–H and O–H groups in total. The molecule has 0 atom stereocenters. The highest BCUT2D eigenvalue weighted by Gasteiger charge is 2.27. The van der Waals surface area contributed by atoms with E-state index in [1.807, 2.05) is 30.2 Å². The zero-order chi connectivity index (χ0) is 17.0. The molecule has 4 aromatic rings. The van der Waals surface area contributed by atoms with E-state index < -0.39 is 0 Å². The molecule has 124 valence electrons. The summed E-state index contributed by atoms with van der Waals surface area (Å²) in [5.74, 6) is 0.564. The number of aryl methyl sites for hydroxylation is 1. The van der Waals surface area contributed by atoms with Gasteiger partial charge < -0.3 is 9.88 Å². The molecule has 0 bridgehead atoms. The van der Waals surface area contributed by atoms with Crippen molar-refractivity contribution < 1.29 is 4.79 Å². The second kappa shape index (κ2) is 5.17. The molecule has 0 aliphatic carbocycles. The number of fused-ring (bicyclic) bond motifs is 4. The van der Waals surface area contributed by atoms with Gasteiger partial charge in [-0.25, -0.2) is 9.97 Å². The molecule has 6 nitrogen and oxygen atoms in total. The Morgan fingerprint density at radius 3 is 3.04 bits per heavy atom. The van der Waals surface area contributed by atoms with Crippen molar-refractivity contribution >= 4 is 22.6 Å². The molecule has 0 fully saturated rings. The van der Waals surface area contributed by atoms with Crippen LogP contribution < -0.4 is 0 Å². The maximum absolute atomic E-state index is 13.1. The third-order valence-corrected chi connectivity index (χ3v) is 4.95. The van der Waals surface area contributed by atoms with Crippen LogP contribution >= 0.6 is 0 Å². The average Bonchev–Trinajstić information content (AvgIpc) is 3.17. The summed E-state index contributed by atoms with van der Waals surface area (Å²) in [6.45, 7) is 3.16. The van der Waals surface area contributed by atoms with Crippen molar-refractivity contribution in [2.45, 2.75) is 19.9 Å². The zero-order valence-corrected chi connectivity index (χ0v) is 13.9. The van der Waals surface area contributed by atoms with Crippen LogP contribution in [0.15, 0.2) is 42.7 Å². The molecule has 0 unspecified atom stereocenters. The first-order valence-electron chi connectivity index (χ1n) is 8.40. The second-order valence-corrected chi connectivity index (χ2v) is 6.44. The molecule has 1 aliphatic heterocycles. The molecule has 0 spiro atoms. The first-order valence-corrected chi connectivity index (χ1v) is 8.40. The summed E-state index contributed by atoms with van der Waals surface area (Å²) in [5, 5.41) is 1.26. The molecule has 3 aromatic heterocycles. The Bertz CT molecular complexity index is 1120. The van der Waals surface area contributed by atoms with E-state index in [9.17, 15) is 4.79 Å². The first-order chi connectivity index (χ1) is 12.2. The number of amides is 1. The van der Waals surface area contributed by atoms with E-state index in [-0.39, 0.29) is 5.91 Å². The van der Waals surface area contributed by atoms with Crippen molar-refractivity contribution in [1.29, 1.82) is 0 Å². The Kier molecular flexibility index (Phi) is 2.94. The topological polar surface area (TPSA) is 66.3 Å². The second-order valence-electron chi connectivity index (χ2n) is 6.44. The minimum Gasteiger partial charge on any atom is -0.357 e. The summed E-state index contributed by atoms with van der Waals surface area (Å²) in [6, 6.07) is 10.1. The van der Waals surface area contributed by atoms with Gasteiger partial charge in [-0.2, -0.15) is 0 Å². The Labute approximate surface area is 144 Å². The van der Waals surface area contributed by atoms with Gasteiger partial charge in [0.15, 0.2) is 0 Å². The molecule has 0 saturated heterocycles. The van der Waals surface area contributed by atoms with Crippen LogP contribution in [0.5, 0.6) is 0 Å². The summed E-state index contributed by atoms with van der Waals surface area (Å²) in [7, 11) is 0. The number of nitrogens with one attached hydrogen (secondary N) is 1. The van der Waals surface area contributed by atoms with Gasteiger partial charge >= 0.3 is 0 Å². The number of aromatic amines is 1. The Hall–Kier alpha value is -3.15. The van der Waals surface area contributed by atoms with Gasteiger partial charge in [-0.15, -0.1) is 0 Å². The molecule has 0 radical (unpaired) electrons. The minimum absolute atomic E-state index is 0.00214. The third-order valence-electron chi connectivity index (χ3n) is 4.95. The number of hydrogen-bond donors (Lipinski definition) is 1. The third kappa shape index (κ3) is 2.07. The summed E-state index contributed by atoms with van der Waals surface area (Å²) in [6.07, 6.45) is 4.39. The van der Waals surface area contributed by atoms with Crippen LogP contribution in [0.2, 0.25) is 0 Å². The monoisotopic (exact) mass is 331 g/mol. The van der Waals surface area contributed by atoms with Gasteiger partial charge in [0.25, 0.3) is 5.91 Å². The highest BCUT2D eigenvalue weighted by atomic mass is 16.2. The maximum atomic E-state index is 13.1. The Morgan fingerprint density at radius 2 is 2.12 bits per heavy atom. The minimum atomic E-state index is 0.00214. The molecule has 6 heteroatoms. The van der Waals surface area contributed by atoms with Gasteiger partial charge in [-0.3, -0.25) is 9.20 Å². The van der Waals surface area contributed by atoms with Crippen LogP contribution in [0.25, 0.3) is 16.7 Å². The number of rotatable bonds is 1. The number of carbonyl (C=O) groups excluding carboxylic acids is 1. The first kappa shape index (κ1) is 14.2. The van der Waals surface area contributed by atoms with Crippen LogP contribution in [0.1, 0.15) is 27.4 Å². The predicted octanol–water partition coefficient (Wildman–Crippen LogP) is 2.72. The molecule has 25 heavy (non-hydrogen) atoms. The molecule has 1 aliphatic rings. The van der Waals surface area contributed by atoms with Gasteiger partial charge in [0, 0.05) is 35.5 Å². The maximum Gasteiger partial charge on any atom is 0.273 e. The van der Waals surface area contributed by atoms with Crippen molar-refractivity contribution in [1.82, 2.24) is 24.3 Å². The highest BCUT2D eigenvalue weighted by Crippen LogP contribution is 2.28. The zero-order valence-electron chi connectivity index (χ0n) is 13.9. The Balaban J connectivity index is 1.54. The van der Waals surface area contributed by atoms with Crippen molar-refractivity contribution in [2.75, 3.05) is 6.54 Å². The largest absolute Gasteiger partial charge is 0.357 e. The lowest BCUT2D eigenvalue weighted by atomic mass is 10.0. The number of hydrogen-bond acceptors (Lipinski definition) is 3. The van der Waals surface area contributed by atoms with Crippen LogP contribution in [-0.2, 0) is 13.0 Å². The van der Waals surface area contributed by atoms with Gasteiger partial charge in [-0.05, 0) is 31.0 Å². The predicted molar refractivity (Wildman–Crippen MR) is 94.5 cm³/mol.